The Balaban J connectivity index is 1.49. The van der Waals surface area contributed by atoms with Gasteiger partial charge in [-0.05, 0) is 38.5 Å². The van der Waals surface area contributed by atoms with Crippen LogP contribution in [0.5, 0.6) is 0 Å². The van der Waals surface area contributed by atoms with Crippen LogP contribution in [-0.2, 0) is 9.47 Å². The van der Waals surface area contributed by atoms with Crippen molar-refractivity contribution in [2.75, 3.05) is 13.2 Å². The molecular weight excluding hydrogens is 250 g/mol. The Bertz CT molecular complexity index is 306. The monoisotopic (exact) mass is 281 g/mol. The smallest absolute Gasteiger partial charge is 0.0817 e. The highest BCUT2D eigenvalue weighted by atomic mass is 16.6. The Morgan fingerprint density at radius 1 is 0.900 bits per heavy atom. The van der Waals surface area contributed by atoms with Crippen molar-refractivity contribution in [1.29, 1.82) is 0 Å². The van der Waals surface area contributed by atoms with E-state index in [2.05, 4.69) is 0 Å². The van der Waals surface area contributed by atoms with E-state index in [0.29, 0.717) is 12.6 Å². The number of hydrogen-bond acceptors (Lipinski definition) is 3. The zero-order valence-corrected chi connectivity index (χ0v) is 12.9. The summed E-state index contributed by atoms with van der Waals surface area (Å²) in [7, 11) is 0. The number of hydrogen-bond donors (Lipinski definition) is 1. The van der Waals surface area contributed by atoms with Crippen molar-refractivity contribution >= 4 is 0 Å². The van der Waals surface area contributed by atoms with Crippen LogP contribution < -0.4 is 5.73 Å². The maximum absolute atomic E-state index is 6.40. The van der Waals surface area contributed by atoms with Gasteiger partial charge < -0.3 is 15.2 Å². The van der Waals surface area contributed by atoms with Crippen LogP contribution in [0.3, 0.4) is 0 Å². The largest absolute Gasteiger partial charge is 0.371 e. The summed E-state index contributed by atoms with van der Waals surface area (Å²) in [4.78, 5) is 0. The lowest BCUT2D eigenvalue weighted by Crippen LogP contribution is -2.44. The van der Waals surface area contributed by atoms with Crippen molar-refractivity contribution in [1.82, 2.24) is 0 Å². The van der Waals surface area contributed by atoms with Crippen LogP contribution in [0.25, 0.3) is 0 Å². The van der Waals surface area contributed by atoms with Gasteiger partial charge in [-0.2, -0.15) is 0 Å². The molecule has 0 bridgehead atoms. The third-order valence-electron chi connectivity index (χ3n) is 5.82. The van der Waals surface area contributed by atoms with Gasteiger partial charge in [0.1, 0.15) is 0 Å². The highest BCUT2D eigenvalue weighted by Gasteiger charge is 2.42. The lowest BCUT2D eigenvalue weighted by atomic mass is 9.83. The third-order valence-corrected chi connectivity index (χ3v) is 5.82. The van der Waals surface area contributed by atoms with Gasteiger partial charge in [-0.15, -0.1) is 0 Å². The average Bonchev–Trinajstić information content (AvgIpc) is 2.90. The van der Waals surface area contributed by atoms with E-state index in [-0.39, 0.29) is 11.2 Å². The summed E-state index contributed by atoms with van der Waals surface area (Å²) in [5, 5.41) is 0. The van der Waals surface area contributed by atoms with Gasteiger partial charge in [-0.25, -0.2) is 0 Å². The Morgan fingerprint density at radius 2 is 1.55 bits per heavy atom. The summed E-state index contributed by atoms with van der Waals surface area (Å²) >= 11 is 0. The minimum atomic E-state index is -0.0378. The maximum Gasteiger partial charge on any atom is 0.0817 e. The van der Waals surface area contributed by atoms with Crippen LogP contribution in [0.4, 0.5) is 0 Å². The van der Waals surface area contributed by atoms with Gasteiger partial charge in [0.05, 0.1) is 23.9 Å². The molecule has 1 saturated heterocycles. The molecule has 2 aliphatic carbocycles. The minimum Gasteiger partial charge on any atom is -0.371 e. The lowest BCUT2D eigenvalue weighted by molar-refractivity contribution is -0.130. The second-order valence-corrected chi connectivity index (χ2v) is 7.28. The van der Waals surface area contributed by atoms with E-state index in [1.165, 1.54) is 64.2 Å². The molecule has 1 aliphatic heterocycles. The number of rotatable bonds is 4. The van der Waals surface area contributed by atoms with E-state index in [4.69, 9.17) is 15.2 Å². The highest BCUT2D eigenvalue weighted by Crippen LogP contribution is 2.42. The van der Waals surface area contributed by atoms with Crippen molar-refractivity contribution in [2.45, 2.75) is 94.4 Å². The summed E-state index contributed by atoms with van der Waals surface area (Å²) < 4.78 is 12.7. The van der Waals surface area contributed by atoms with Crippen LogP contribution >= 0.6 is 0 Å². The predicted molar refractivity (Wildman–Crippen MR) is 80.7 cm³/mol. The van der Waals surface area contributed by atoms with E-state index in [1.54, 1.807) is 0 Å². The van der Waals surface area contributed by atoms with Gasteiger partial charge in [0.25, 0.3) is 0 Å². The standard InChI is InChI=1S/C17H31NO2/c18-14-17(10-5-2-6-11-17)19-13-15-7-12-16(20-15)8-3-1-4-9-16/h15H,1-14,18H2. The van der Waals surface area contributed by atoms with Crippen molar-refractivity contribution in [3.8, 4) is 0 Å². The molecule has 0 aromatic carbocycles. The average molecular weight is 281 g/mol. The molecule has 2 saturated carbocycles. The first-order valence-electron chi connectivity index (χ1n) is 8.78. The van der Waals surface area contributed by atoms with E-state index in [0.717, 1.165) is 19.4 Å². The van der Waals surface area contributed by atoms with E-state index in [1.807, 2.05) is 0 Å². The van der Waals surface area contributed by atoms with Gasteiger partial charge in [0, 0.05) is 6.54 Å². The van der Waals surface area contributed by atoms with Gasteiger partial charge in [-0.3, -0.25) is 0 Å². The van der Waals surface area contributed by atoms with Gasteiger partial charge >= 0.3 is 0 Å². The highest BCUT2D eigenvalue weighted by molar-refractivity contribution is 4.92. The topological polar surface area (TPSA) is 44.5 Å². The zero-order valence-electron chi connectivity index (χ0n) is 12.9. The van der Waals surface area contributed by atoms with E-state index < -0.39 is 0 Å². The molecule has 0 aromatic heterocycles. The van der Waals surface area contributed by atoms with Crippen molar-refractivity contribution in [3.63, 3.8) is 0 Å². The molecule has 116 valence electrons. The van der Waals surface area contributed by atoms with Crippen LogP contribution in [0.2, 0.25) is 0 Å². The summed E-state index contributed by atoms with van der Waals surface area (Å²) in [6, 6.07) is 0. The van der Waals surface area contributed by atoms with E-state index in [9.17, 15) is 0 Å². The third kappa shape index (κ3) is 3.20. The molecule has 1 heterocycles. The quantitative estimate of drug-likeness (QED) is 0.857. The molecule has 0 aromatic rings. The fourth-order valence-electron chi connectivity index (χ4n) is 4.45. The summed E-state index contributed by atoms with van der Waals surface area (Å²) in [5.41, 5.74) is 6.17. The lowest BCUT2D eigenvalue weighted by Gasteiger charge is -2.37. The molecule has 3 heteroatoms. The van der Waals surface area contributed by atoms with Gasteiger partial charge in [0.15, 0.2) is 0 Å². The Hall–Kier alpha value is -0.120. The second-order valence-electron chi connectivity index (χ2n) is 7.28. The molecular formula is C17H31NO2. The number of ether oxygens (including phenoxy) is 2. The SMILES string of the molecule is NCC1(OCC2CCC3(CCCCC3)O2)CCCCC1. The maximum atomic E-state index is 6.40. The summed E-state index contributed by atoms with van der Waals surface area (Å²) in [5.74, 6) is 0. The number of nitrogens with two attached hydrogens (primary N) is 1. The Labute approximate surface area is 123 Å². The molecule has 20 heavy (non-hydrogen) atoms. The molecule has 3 aliphatic rings. The van der Waals surface area contributed by atoms with Crippen molar-refractivity contribution in [2.24, 2.45) is 5.73 Å². The zero-order chi connectivity index (χ0) is 13.9. The predicted octanol–water partition coefficient (Wildman–Crippen LogP) is 3.55. The Kier molecular flexibility index (Phi) is 4.68. The molecule has 0 radical (unpaired) electrons. The normalized spacial score (nSPS) is 32.5. The molecule has 1 atom stereocenters. The van der Waals surface area contributed by atoms with Gasteiger partial charge in [-0.1, -0.05) is 38.5 Å². The first-order valence-corrected chi connectivity index (χ1v) is 8.78. The summed E-state index contributed by atoms with van der Waals surface area (Å²) in [6.07, 6.45) is 15.5. The molecule has 3 fully saturated rings. The summed E-state index contributed by atoms with van der Waals surface area (Å²) in [6.45, 7) is 1.43. The minimum absolute atomic E-state index is 0.0378. The fraction of sp³-hybridized carbons (Fsp3) is 1.00. The molecule has 1 spiro atoms. The molecule has 1 unspecified atom stereocenters. The fourth-order valence-corrected chi connectivity index (χ4v) is 4.45. The molecule has 0 amide bonds. The Morgan fingerprint density at radius 3 is 2.20 bits per heavy atom. The van der Waals surface area contributed by atoms with Crippen molar-refractivity contribution in [3.05, 3.63) is 0 Å². The second kappa shape index (κ2) is 6.33. The van der Waals surface area contributed by atoms with Crippen LogP contribution in [0.1, 0.15) is 77.0 Å². The van der Waals surface area contributed by atoms with E-state index >= 15 is 0 Å². The van der Waals surface area contributed by atoms with Crippen LogP contribution in [-0.4, -0.2) is 30.5 Å². The van der Waals surface area contributed by atoms with Crippen LogP contribution in [0.15, 0.2) is 0 Å². The van der Waals surface area contributed by atoms with Crippen molar-refractivity contribution < 1.29 is 9.47 Å². The first kappa shape index (κ1) is 14.8. The van der Waals surface area contributed by atoms with Gasteiger partial charge in [0.2, 0.25) is 0 Å². The first-order chi connectivity index (χ1) is 9.76. The molecule has 3 rings (SSSR count). The molecule has 2 N–H and O–H groups in total. The molecule has 3 nitrogen and oxygen atoms in total. The van der Waals surface area contributed by atoms with Crippen LogP contribution in [0, 0.1) is 0 Å².